The van der Waals surface area contributed by atoms with E-state index in [1.807, 2.05) is 0 Å². The van der Waals surface area contributed by atoms with E-state index in [4.69, 9.17) is 0 Å². The molecular weight excluding hydrogens is 473 g/mol. The van der Waals surface area contributed by atoms with Crippen LogP contribution in [0, 0.1) is 0 Å². The lowest BCUT2D eigenvalue weighted by atomic mass is 10.3. The molecule has 0 aliphatic heterocycles. The summed E-state index contributed by atoms with van der Waals surface area (Å²) in [6.07, 6.45) is -3.55. The van der Waals surface area contributed by atoms with Crippen LogP contribution < -0.4 is 5.32 Å². The van der Waals surface area contributed by atoms with E-state index in [1.165, 1.54) is 29.8 Å². The highest BCUT2D eigenvalue weighted by Gasteiger charge is 2.34. The van der Waals surface area contributed by atoms with Crippen LogP contribution in [-0.2, 0) is 27.9 Å². The van der Waals surface area contributed by atoms with Crippen LogP contribution in [0.2, 0.25) is 0 Å². The number of sulfone groups is 1. The number of fused-ring (bicyclic) bond motifs is 2. The number of alkyl halides is 3. The molecule has 0 unspecified atom stereocenters. The number of nitrogens with one attached hydrogen (secondary N) is 1. The fourth-order valence-corrected chi connectivity index (χ4v) is 7.63. The van der Waals surface area contributed by atoms with Crippen molar-refractivity contribution in [2.24, 2.45) is 7.05 Å². The molecule has 7 nitrogen and oxygen atoms in total. The van der Waals surface area contributed by atoms with Crippen molar-refractivity contribution < 1.29 is 26.4 Å². The topological polar surface area (TPSA) is 93.9 Å². The van der Waals surface area contributed by atoms with Crippen molar-refractivity contribution in [2.45, 2.75) is 24.9 Å². The minimum absolute atomic E-state index is 0.0542. The maximum absolute atomic E-state index is 13.1. The van der Waals surface area contributed by atoms with Gasteiger partial charge < -0.3 is 9.88 Å². The van der Waals surface area contributed by atoms with Crippen molar-refractivity contribution >= 4 is 64.5 Å². The highest BCUT2D eigenvalue weighted by Crippen LogP contribution is 2.48. The first-order valence-corrected chi connectivity index (χ1v) is 12.2. The normalized spacial score (nSPS) is 12.7. The van der Waals surface area contributed by atoms with Crippen molar-refractivity contribution in [1.82, 2.24) is 14.5 Å². The number of pyridine rings is 1. The molecule has 0 spiro atoms. The van der Waals surface area contributed by atoms with E-state index in [9.17, 15) is 26.4 Å². The summed E-state index contributed by atoms with van der Waals surface area (Å²) < 4.78 is 67.6. The first-order valence-electron chi connectivity index (χ1n) is 8.88. The zero-order valence-electron chi connectivity index (χ0n) is 16.4. The van der Waals surface area contributed by atoms with Crippen molar-refractivity contribution in [1.29, 1.82) is 0 Å². The number of hydrogen-bond acceptors (Lipinski definition) is 7. The number of aromatic nitrogens is 3. The summed E-state index contributed by atoms with van der Waals surface area (Å²) in [5.41, 5.74) is -0.206. The zero-order valence-corrected chi connectivity index (χ0v) is 18.8. The summed E-state index contributed by atoms with van der Waals surface area (Å²) in [5, 5.41) is 4.34. The first kappa shape index (κ1) is 21.7. The van der Waals surface area contributed by atoms with Gasteiger partial charge in [-0.05, 0) is 6.07 Å². The second-order valence-electron chi connectivity index (χ2n) is 6.70. The summed E-state index contributed by atoms with van der Waals surface area (Å²) in [6.45, 7) is 2.86. The van der Waals surface area contributed by atoms with Crippen LogP contribution in [0.5, 0.6) is 0 Å². The number of hydrogen-bond donors (Lipinski definition) is 1. The molecule has 0 saturated heterocycles. The Morgan fingerprint density at radius 1 is 1.29 bits per heavy atom. The van der Waals surface area contributed by atoms with Crippen LogP contribution >= 0.6 is 22.7 Å². The maximum Gasteiger partial charge on any atom is 0.433 e. The number of anilines is 1. The number of rotatable bonds is 4. The van der Waals surface area contributed by atoms with Gasteiger partial charge in [0.25, 0.3) is 0 Å². The number of halogens is 3. The average molecular weight is 489 g/mol. The summed E-state index contributed by atoms with van der Waals surface area (Å²) in [6, 6.07) is 0.839. The van der Waals surface area contributed by atoms with Gasteiger partial charge in [-0.1, -0.05) is 6.92 Å². The number of carbonyl (C=O) groups is 1. The van der Waals surface area contributed by atoms with E-state index >= 15 is 0 Å². The largest absolute Gasteiger partial charge is 0.433 e. The molecule has 4 aromatic heterocycles. The van der Waals surface area contributed by atoms with Crippen molar-refractivity contribution in [2.75, 3.05) is 11.1 Å². The number of imidazole rings is 1. The lowest BCUT2D eigenvalue weighted by molar-refractivity contribution is -0.141. The van der Waals surface area contributed by atoms with Gasteiger partial charge in [-0.25, -0.2) is 18.4 Å². The smallest absolute Gasteiger partial charge is 0.325 e. The van der Waals surface area contributed by atoms with Gasteiger partial charge in [0.2, 0.25) is 5.91 Å². The minimum Gasteiger partial charge on any atom is -0.325 e. The van der Waals surface area contributed by atoms with E-state index in [1.54, 1.807) is 12.4 Å². The molecule has 31 heavy (non-hydrogen) atoms. The summed E-state index contributed by atoms with van der Waals surface area (Å²) in [4.78, 5) is 19.7. The van der Waals surface area contributed by atoms with Crippen LogP contribution in [0.3, 0.4) is 0 Å². The van der Waals surface area contributed by atoms with Gasteiger partial charge in [0, 0.05) is 19.4 Å². The number of nitrogens with zero attached hydrogens (tertiary/aromatic N) is 3. The Hall–Kier alpha value is -2.51. The van der Waals surface area contributed by atoms with Gasteiger partial charge in [0.1, 0.15) is 10.6 Å². The molecule has 13 heteroatoms. The molecule has 0 aliphatic rings. The summed E-state index contributed by atoms with van der Waals surface area (Å²) in [7, 11) is -2.11. The van der Waals surface area contributed by atoms with Crippen LogP contribution in [-0.4, -0.2) is 34.6 Å². The van der Waals surface area contributed by atoms with Crippen molar-refractivity contribution in [3.8, 4) is 10.7 Å². The molecule has 0 radical (unpaired) electrons. The lowest BCUT2D eigenvalue weighted by Gasteiger charge is -2.05. The Balaban J connectivity index is 2.02. The fourth-order valence-electron chi connectivity index (χ4n) is 3.15. The Bertz CT molecular complexity index is 1450. The third kappa shape index (κ3) is 3.59. The molecule has 0 atom stereocenters. The molecule has 0 bridgehead atoms. The number of thiophene rings is 2. The molecule has 0 aliphatic carbocycles. The van der Waals surface area contributed by atoms with Crippen LogP contribution in [0.15, 0.2) is 22.5 Å². The number of aryl methyl sites for hydroxylation is 1. The Morgan fingerprint density at radius 3 is 2.61 bits per heavy atom. The van der Waals surface area contributed by atoms with Crippen molar-refractivity contribution in [3.63, 3.8) is 0 Å². The lowest BCUT2D eigenvalue weighted by Crippen LogP contribution is -2.07. The molecule has 0 aromatic carbocycles. The predicted octanol–water partition coefficient (Wildman–Crippen LogP) is 4.68. The van der Waals surface area contributed by atoms with Gasteiger partial charge in [0.05, 0.1) is 42.9 Å². The second-order valence-corrected chi connectivity index (χ2v) is 10.8. The van der Waals surface area contributed by atoms with E-state index in [2.05, 4.69) is 15.3 Å². The van der Waals surface area contributed by atoms with Gasteiger partial charge in [-0.3, -0.25) is 4.79 Å². The first-order chi connectivity index (χ1) is 14.4. The van der Waals surface area contributed by atoms with Crippen LogP contribution in [0.4, 0.5) is 18.9 Å². The molecule has 0 saturated carbocycles. The maximum atomic E-state index is 13.1. The molecule has 0 fully saturated rings. The summed E-state index contributed by atoms with van der Waals surface area (Å²) >= 11 is 2.30. The third-order valence-corrected chi connectivity index (χ3v) is 9.02. The predicted molar refractivity (Wildman–Crippen MR) is 114 cm³/mol. The Kier molecular flexibility index (Phi) is 5.10. The van der Waals surface area contributed by atoms with Gasteiger partial charge in [-0.2, -0.15) is 13.2 Å². The molecule has 1 amide bonds. The molecule has 4 rings (SSSR count). The quantitative estimate of drug-likeness (QED) is 0.450. The van der Waals surface area contributed by atoms with E-state index < -0.39 is 21.7 Å². The second kappa shape index (κ2) is 7.28. The van der Waals surface area contributed by atoms with E-state index in [0.717, 1.165) is 23.6 Å². The molecule has 1 N–H and O–H groups in total. The Morgan fingerprint density at radius 2 is 2.00 bits per heavy atom. The standard InChI is InChI=1S/C18H15F3N4O3S3/c1-4-31(27,28)16-14-13(10(7-29-14)23-8(2)26)30-15(16)17-24-9-5-12(18(19,20)21)22-6-11(9)25(17)3/h5-7H,4H2,1-3H3,(H,23,26). The van der Waals surface area contributed by atoms with Crippen LogP contribution in [0.25, 0.3) is 31.1 Å². The molecule has 4 aromatic rings. The monoisotopic (exact) mass is 488 g/mol. The average Bonchev–Trinajstić information content (AvgIpc) is 3.33. The zero-order chi connectivity index (χ0) is 22.7. The summed E-state index contributed by atoms with van der Waals surface area (Å²) in [5.74, 6) is -0.253. The highest BCUT2D eigenvalue weighted by molar-refractivity contribution is 7.92. The minimum atomic E-state index is -4.62. The molecular formula is C18H15F3N4O3S3. The molecule has 164 valence electrons. The Labute approximate surface area is 182 Å². The van der Waals surface area contributed by atoms with Gasteiger partial charge in [-0.15, -0.1) is 22.7 Å². The fraction of sp³-hybridized carbons (Fsp3) is 0.278. The molecule has 4 heterocycles. The highest BCUT2D eigenvalue weighted by atomic mass is 32.2. The SMILES string of the molecule is CCS(=O)(=O)c1c(-c2nc3cc(C(F)(F)F)ncc3n2C)sc2c(NC(C)=O)csc12. The number of carbonyl (C=O) groups excluding carboxylic acids is 1. The number of amides is 1. The third-order valence-electron chi connectivity index (χ3n) is 4.62. The van der Waals surface area contributed by atoms with E-state index in [-0.39, 0.29) is 27.9 Å². The van der Waals surface area contributed by atoms with Gasteiger partial charge >= 0.3 is 6.18 Å². The van der Waals surface area contributed by atoms with Crippen LogP contribution in [0.1, 0.15) is 19.5 Å². The van der Waals surface area contributed by atoms with E-state index in [0.29, 0.717) is 25.5 Å². The van der Waals surface area contributed by atoms with Crippen molar-refractivity contribution in [3.05, 3.63) is 23.3 Å². The van der Waals surface area contributed by atoms with Gasteiger partial charge in [0.15, 0.2) is 15.7 Å².